The summed E-state index contributed by atoms with van der Waals surface area (Å²) in [7, 11) is 0. The lowest BCUT2D eigenvalue weighted by molar-refractivity contribution is -0.120. The molecule has 0 aromatic carbocycles. The Labute approximate surface area is 138 Å². The Kier molecular flexibility index (Phi) is 5.51. The molecule has 0 spiro atoms. The number of nitrogens with two attached hydrogens (primary N) is 1. The van der Waals surface area contributed by atoms with Crippen molar-refractivity contribution in [3.63, 3.8) is 0 Å². The second-order valence-electron chi connectivity index (χ2n) is 5.35. The zero-order valence-electron chi connectivity index (χ0n) is 13.3. The smallest absolute Gasteiger partial charge is 0.230 e. The lowest BCUT2D eigenvalue weighted by Gasteiger charge is -2.13. The van der Waals surface area contributed by atoms with Gasteiger partial charge in [0.2, 0.25) is 11.8 Å². The van der Waals surface area contributed by atoms with Gasteiger partial charge in [-0.05, 0) is 19.1 Å². The van der Waals surface area contributed by atoms with Gasteiger partial charge in [0.15, 0.2) is 10.9 Å². The number of amides is 2. The minimum Gasteiger partial charge on any atom is -0.458 e. The van der Waals surface area contributed by atoms with E-state index in [1.54, 1.807) is 31.4 Å². The van der Waals surface area contributed by atoms with Crippen molar-refractivity contribution in [3.8, 4) is 11.5 Å². The van der Waals surface area contributed by atoms with Gasteiger partial charge in [-0.15, -0.1) is 11.3 Å². The van der Waals surface area contributed by atoms with E-state index in [1.807, 2.05) is 0 Å². The maximum absolute atomic E-state index is 12.0. The second-order valence-corrected chi connectivity index (χ2v) is 6.21. The molecule has 2 aromatic heterocycles. The Morgan fingerprint density at radius 2 is 2.13 bits per heavy atom. The van der Waals surface area contributed by atoms with E-state index in [-0.39, 0.29) is 23.8 Å². The zero-order valence-corrected chi connectivity index (χ0v) is 14.1. The summed E-state index contributed by atoms with van der Waals surface area (Å²) in [6.45, 7) is 5.34. The monoisotopic (exact) mass is 336 g/mol. The summed E-state index contributed by atoms with van der Waals surface area (Å²) in [6.07, 6.45) is 0. The Balaban J connectivity index is 2.02. The van der Waals surface area contributed by atoms with Crippen molar-refractivity contribution in [2.75, 3.05) is 5.32 Å². The van der Waals surface area contributed by atoms with Crippen LogP contribution in [0.15, 0.2) is 21.9 Å². The van der Waals surface area contributed by atoms with Crippen LogP contribution in [0, 0.1) is 5.92 Å². The van der Waals surface area contributed by atoms with Gasteiger partial charge in [-0.1, -0.05) is 6.92 Å². The van der Waals surface area contributed by atoms with Crippen molar-refractivity contribution in [3.05, 3.63) is 23.3 Å². The first kappa shape index (κ1) is 17.2. The highest BCUT2D eigenvalue weighted by atomic mass is 32.1. The highest BCUT2D eigenvalue weighted by Crippen LogP contribution is 2.27. The van der Waals surface area contributed by atoms with Gasteiger partial charge in [-0.3, -0.25) is 9.59 Å². The van der Waals surface area contributed by atoms with Crippen molar-refractivity contribution in [2.45, 2.75) is 33.4 Å². The quantitative estimate of drug-likeness (QED) is 0.747. The Bertz CT molecular complexity index is 692. The molecule has 8 heteroatoms. The molecular weight excluding hydrogens is 316 g/mol. The largest absolute Gasteiger partial charge is 0.458 e. The summed E-state index contributed by atoms with van der Waals surface area (Å²) in [5.41, 5.74) is 6.35. The van der Waals surface area contributed by atoms with Crippen molar-refractivity contribution < 1.29 is 14.0 Å². The molecule has 0 bridgehead atoms. The number of aromatic nitrogens is 1. The fourth-order valence-corrected chi connectivity index (χ4v) is 2.43. The van der Waals surface area contributed by atoms with Gasteiger partial charge in [0.25, 0.3) is 0 Å². The van der Waals surface area contributed by atoms with E-state index in [9.17, 15) is 9.59 Å². The van der Waals surface area contributed by atoms with E-state index in [1.165, 1.54) is 18.3 Å². The number of carbonyl (C=O) groups is 2. The lowest BCUT2D eigenvalue weighted by Crippen LogP contribution is -2.34. The number of hydrogen-bond acceptors (Lipinski definition) is 6. The molecule has 124 valence electrons. The van der Waals surface area contributed by atoms with Crippen molar-refractivity contribution in [1.82, 2.24) is 10.3 Å². The standard InChI is InChI=1S/C15H20N4O3S/c1-8(9(2)16)14(21)19-15-18-12(7-23-15)13-5-4-11(22-13)6-17-10(3)20/h4-5,7-9H,6,16H2,1-3H3,(H,17,20)(H,18,19,21). The van der Waals surface area contributed by atoms with Gasteiger partial charge >= 0.3 is 0 Å². The maximum Gasteiger partial charge on any atom is 0.230 e. The van der Waals surface area contributed by atoms with E-state index in [2.05, 4.69) is 15.6 Å². The van der Waals surface area contributed by atoms with Crippen molar-refractivity contribution >= 4 is 28.3 Å². The molecule has 2 amide bonds. The predicted molar refractivity (Wildman–Crippen MR) is 88.8 cm³/mol. The third kappa shape index (κ3) is 4.64. The molecule has 2 heterocycles. The Morgan fingerprint density at radius 1 is 1.39 bits per heavy atom. The molecule has 4 N–H and O–H groups in total. The normalized spacial score (nSPS) is 13.4. The van der Waals surface area contributed by atoms with Crippen LogP contribution in [0.2, 0.25) is 0 Å². The summed E-state index contributed by atoms with van der Waals surface area (Å²) in [5, 5.41) is 7.71. The van der Waals surface area contributed by atoms with Crippen LogP contribution >= 0.6 is 11.3 Å². The lowest BCUT2D eigenvalue weighted by atomic mass is 10.0. The molecule has 0 radical (unpaired) electrons. The number of furan rings is 1. The number of hydrogen-bond donors (Lipinski definition) is 3. The van der Waals surface area contributed by atoms with Gasteiger partial charge in [0, 0.05) is 18.3 Å². The minimum absolute atomic E-state index is 0.121. The summed E-state index contributed by atoms with van der Waals surface area (Å²) in [5.74, 6) is 0.647. The van der Waals surface area contributed by atoms with Crippen molar-refractivity contribution in [2.24, 2.45) is 11.7 Å². The van der Waals surface area contributed by atoms with E-state index < -0.39 is 0 Å². The van der Waals surface area contributed by atoms with Gasteiger partial charge in [-0.2, -0.15) is 0 Å². The predicted octanol–water partition coefficient (Wildman–Crippen LogP) is 1.96. The SMILES string of the molecule is CC(=O)NCc1ccc(-c2csc(NC(=O)C(C)C(C)N)n2)o1. The van der Waals surface area contributed by atoms with Gasteiger partial charge < -0.3 is 20.8 Å². The molecule has 0 aliphatic carbocycles. The number of nitrogens with zero attached hydrogens (tertiary/aromatic N) is 1. The molecular formula is C15H20N4O3S. The van der Waals surface area contributed by atoms with Crippen LogP contribution in [0.25, 0.3) is 11.5 Å². The number of carbonyl (C=O) groups excluding carboxylic acids is 2. The van der Waals surface area contributed by atoms with Gasteiger partial charge in [0.05, 0.1) is 12.5 Å². The number of nitrogens with one attached hydrogen (secondary N) is 2. The van der Waals surface area contributed by atoms with Crippen LogP contribution in [-0.2, 0) is 16.1 Å². The third-order valence-corrected chi connectivity index (χ3v) is 4.12. The summed E-state index contributed by atoms with van der Waals surface area (Å²) in [4.78, 5) is 27.2. The molecule has 2 rings (SSSR count). The second kappa shape index (κ2) is 7.38. The molecule has 0 fully saturated rings. The molecule has 0 aliphatic heterocycles. The number of anilines is 1. The third-order valence-electron chi connectivity index (χ3n) is 3.36. The molecule has 2 aromatic rings. The first-order valence-corrected chi connectivity index (χ1v) is 8.10. The topological polar surface area (TPSA) is 110 Å². The number of rotatable bonds is 6. The molecule has 0 aliphatic rings. The fourth-order valence-electron chi connectivity index (χ4n) is 1.72. The fraction of sp³-hybridized carbons (Fsp3) is 0.400. The van der Waals surface area contributed by atoms with Gasteiger partial charge in [-0.25, -0.2) is 4.98 Å². The molecule has 2 atom stereocenters. The average molecular weight is 336 g/mol. The van der Waals surface area contributed by atoms with Crippen LogP contribution in [0.3, 0.4) is 0 Å². The van der Waals surface area contributed by atoms with Crippen LogP contribution in [0.5, 0.6) is 0 Å². The van der Waals surface area contributed by atoms with Crippen LogP contribution in [-0.4, -0.2) is 22.8 Å². The van der Waals surface area contributed by atoms with Crippen LogP contribution in [0.4, 0.5) is 5.13 Å². The summed E-state index contributed by atoms with van der Waals surface area (Å²) >= 11 is 1.32. The summed E-state index contributed by atoms with van der Waals surface area (Å²) < 4.78 is 5.62. The van der Waals surface area contributed by atoms with E-state index >= 15 is 0 Å². The van der Waals surface area contributed by atoms with E-state index in [0.29, 0.717) is 28.9 Å². The van der Waals surface area contributed by atoms with Crippen LogP contribution in [0.1, 0.15) is 26.5 Å². The van der Waals surface area contributed by atoms with Crippen molar-refractivity contribution in [1.29, 1.82) is 0 Å². The average Bonchev–Trinajstić information content (AvgIpc) is 3.12. The van der Waals surface area contributed by atoms with Gasteiger partial charge in [0.1, 0.15) is 11.5 Å². The highest BCUT2D eigenvalue weighted by molar-refractivity contribution is 7.14. The zero-order chi connectivity index (χ0) is 17.0. The first-order chi connectivity index (χ1) is 10.9. The Morgan fingerprint density at radius 3 is 2.78 bits per heavy atom. The molecule has 0 saturated carbocycles. The molecule has 0 saturated heterocycles. The van der Waals surface area contributed by atoms with E-state index in [4.69, 9.17) is 10.2 Å². The van der Waals surface area contributed by atoms with E-state index in [0.717, 1.165) is 0 Å². The molecule has 23 heavy (non-hydrogen) atoms. The number of thiazole rings is 1. The first-order valence-electron chi connectivity index (χ1n) is 7.22. The highest BCUT2D eigenvalue weighted by Gasteiger charge is 2.18. The molecule has 2 unspecified atom stereocenters. The minimum atomic E-state index is -0.296. The van der Waals surface area contributed by atoms with Crippen LogP contribution < -0.4 is 16.4 Å². The summed E-state index contributed by atoms with van der Waals surface area (Å²) in [6, 6.07) is 3.33. The maximum atomic E-state index is 12.0. The molecule has 7 nitrogen and oxygen atoms in total. The Hall–Kier alpha value is -2.19.